The van der Waals surface area contributed by atoms with Crippen molar-refractivity contribution in [1.29, 1.82) is 0 Å². The Morgan fingerprint density at radius 3 is 2.71 bits per heavy atom. The fourth-order valence-corrected chi connectivity index (χ4v) is 3.54. The van der Waals surface area contributed by atoms with Gasteiger partial charge >= 0.3 is 0 Å². The lowest BCUT2D eigenvalue weighted by Crippen LogP contribution is -2.38. The van der Waals surface area contributed by atoms with Crippen molar-refractivity contribution in [2.24, 2.45) is 0 Å². The van der Waals surface area contributed by atoms with Gasteiger partial charge in [-0.25, -0.2) is 8.42 Å². The molecule has 0 saturated heterocycles. The van der Waals surface area contributed by atoms with Gasteiger partial charge in [-0.05, 0) is 13.2 Å². The van der Waals surface area contributed by atoms with Crippen LogP contribution < -0.4 is 5.43 Å². The lowest BCUT2D eigenvalue weighted by Gasteiger charge is -2.23. The first-order valence-electron chi connectivity index (χ1n) is 5.05. The van der Waals surface area contributed by atoms with Crippen LogP contribution in [0, 0.1) is 0 Å². The molecular formula is C10H16N2O3S2. The minimum Gasteiger partial charge on any atom is -0.366 e. The van der Waals surface area contributed by atoms with E-state index in [4.69, 9.17) is 0 Å². The number of sulfonamides is 1. The van der Waals surface area contributed by atoms with Crippen molar-refractivity contribution in [3.05, 3.63) is 28.7 Å². The first-order valence-corrected chi connectivity index (χ1v) is 7.88. The van der Waals surface area contributed by atoms with Gasteiger partial charge in [0.25, 0.3) is 0 Å². The molecule has 1 heterocycles. The summed E-state index contributed by atoms with van der Waals surface area (Å²) in [7, 11) is -2.23. The third kappa shape index (κ3) is 3.11. The van der Waals surface area contributed by atoms with E-state index in [0.717, 1.165) is 0 Å². The van der Waals surface area contributed by atoms with E-state index in [1.165, 1.54) is 29.8 Å². The topological polar surface area (TPSA) is 70.2 Å². The molecule has 5 nitrogen and oxygen atoms in total. The van der Waals surface area contributed by atoms with Crippen LogP contribution >= 0.6 is 11.8 Å². The van der Waals surface area contributed by atoms with E-state index in [1.54, 1.807) is 11.8 Å². The van der Waals surface area contributed by atoms with Crippen LogP contribution in [0.5, 0.6) is 0 Å². The SMILES string of the molecule is CSCC(C)N(C)S(=O)(=O)c1c[nH]ccc1=O. The minimum atomic E-state index is -3.71. The largest absolute Gasteiger partial charge is 0.366 e. The molecule has 0 amide bonds. The van der Waals surface area contributed by atoms with Gasteiger partial charge in [0.05, 0.1) is 0 Å². The molecule has 0 aromatic carbocycles. The van der Waals surface area contributed by atoms with Crippen LogP contribution in [0.1, 0.15) is 6.92 Å². The number of hydrogen-bond donors (Lipinski definition) is 1. The Bertz CT molecular complexity index is 524. The van der Waals surface area contributed by atoms with Gasteiger partial charge in [0.2, 0.25) is 15.5 Å². The van der Waals surface area contributed by atoms with Gasteiger partial charge in [0, 0.05) is 37.3 Å². The zero-order chi connectivity index (χ0) is 13.1. The second kappa shape index (κ2) is 5.70. The first kappa shape index (κ1) is 14.3. The number of pyridine rings is 1. The van der Waals surface area contributed by atoms with Crippen molar-refractivity contribution < 1.29 is 8.42 Å². The van der Waals surface area contributed by atoms with Gasteiger partial charge in [-0.2, -0.15) is 16.1 Å². The molecule has 1 aromatic heterocycles. The first-order chi connectivity index (χ1) is 7.91. The maximum absolute atomic E-state index is 12.2. The molecule has 1 N–H and O–H groups in total. The number of nitrogens with zero attached hydrogens (tertiary/aromatic N) is 1. The van der Waals surface area contributed by atoms with E-state index in [1.807, 2.05) is 13.2 Å². The molecule has 0 bridgehead atoms. The molecule has 0 spiro atoms. The van der Waals surface area contributed by atoms with Crippen molar-refractivity contribution in [3.8, 4) is 0 Å². The third-order valence-corrected chi connectivity index (χ3v) is 5.28. The standard InChI is InChI=1S/C10H16N2O3S2/c1-8(7-16-3)12(2)17(14,15)10-6-11-5-4-9(10)13/h4-6,8H,7H2,1-3H3,(H,11,13). The number of thioether (sulfide) groups is 1. The summed E-state index contributed by atoms with van der Waals surface area (Å²) in [4.78, 5) is 13.9. The van der Waals surface area contributed by atoms with Crippen LogP contribution in [0.25, 0.3) is 0 Å². The molecule has 1 unspecified atom stereocenters. The molecule has 0 aliphatic carbocycles. The Balaban J connectivity index is 3.12. The number of rotatable bonds is 5. The van der Waals surface area contributed by atoms with E-state index >= 15 is 0 Å². The molecule has 96 valence electrons. The lowest BCUT2D eigenvalue weighted by molar-refractivity contribution is 0.414. The molecule has 0 radical (unpaired) electrons. The Labute approximate surface area is 105 Å². The lowest BCUT2D eigenvalue weighted by atomic mass is 10.4. The van der Waals surface area contributed by atoms with E-state index in [2.05, 4.69) is 4.98 Å². The smallest absolute Gasteiger partial charge is 0.248 e. The summed E-state index contributed by atoms with van der Waals surface area (Å²) >= 11 is 1.56. The molecular weight excluding hydrogens is 260 g/mol. The summed E-state index contributed by atoms with van der Waals surface area (Å²) in [6.07, 6.45) is 4.54. The molecule has 1 atom stereocenters. The number of aromatic nitrogens is 1. The van der Waals surface area contributed by atoms with Crippen molar-refractivity contribution in [3.63, 3.8) is 0 Å². The van der Waals surface area contributed by atoms with Crippen LogP contribution in [0.15, 0.2) is 28.2 Å². The van der Waals surface area contributed by atoms with E-state index in [9.17, 15) is 13.2 Å². The Hall–Kier alpha value is -0.790. The highest BCUT2D eigenvalue weighted by atomic mass is 32.2. The Morgan fingerprint density at radius 1 is 1.53 bits per heavy atom. The summed E-state index contributed by atoms with van der Waals surface area (Å²) in [6, 6.07) is 1.05. The normalized spacial score (nSPS) is 13.9. The highest BCUT2D eigenvalue weighted by molar-refractivity contribution is 7.98. The van der Waals surface area contributed by atoms with Gasteiger partial charge < -0.3 is 4.98 Å². The number of hydrogen-bond acceptors (Lipinski definition) is 4. The van der Waals surface area contributed by atoms with Gasteiger partial charge in [0.1, 0.15) is 4.90 Å². The predicted octanol–water partition coefficient (Wildman–Crippen LogP) is 0.747. The van der Waals surface area contributed by atoms with E-state index in [0.29, 0.717) is 5.75 Å². The number of aromatic amines is 1. The average Bonchev–Trinajstić information content (AvgIpc) is 2.28. The summed E-state index contributed by atoms with van der Waals surface area (Å²) in [5, 5.41) is 0. The highest BCUT2D eigenvalue weighted by Gasteiger charge is 2.27. The van der Waals surface area contributed by atoms with E-state index in [-0.39, 0.29) is 10.9 Å². The Kier molecular flexibility index (Phi) is 4.79. The molecule has 1 rings (SSSR count). The quantitative estimate of drug-likeness (QED) is 0.861. The molecule has 0 fully saturated rings. The van der Waals surface area contributed by atoms with Gasteiger partial charge in [-0.15, -0.1) is 0 Å². The number of H-pyrrole nitrogens is 1. The minimum absolute atomic E-state index is 0.158. The number of nitrogens with one attached hydrogen (secondary N) is 1. The molecule has 17 heavy (non-hydrogen) atoms. The summed E-state index contributed by atoms with van der Waals surface area (Å²) in [5.41, 5.74) is -0.494. The van der Waals surface area contributed by atoms with Crippen LogP contribution in [0.4, 0.5) is 0 Å². The average molecular weight is 276 g/mol. The summed E-state index contributed by atoms with van der Waals surface area (Å²) < 4.78 is 25.6. The second-order valence-electron chi connectivity index (χ2n) is 3.70. The van der Waals surface area contributed by atoms with E-state index < -0.39 is 15.5 Å². The van der Waals surface area contributed by atoms with Crippen LogP contribution in [-0.4, -0.2) is 42.8 Å². The monoisotopic (exact) mass is 276 g/mol. The van der Waals surface area contributed by atoms with Crippen molar-refractivity contribution >= 4 is 21.8 Å². The Morgan fingerprint density at radius 2 is 2.18 bits per heavy atom. The fourth-order valence-electron chi connectivity index (χ4n) is 1.34. The zero-order valence-electron chi connectivity index (χ0n) is 10.0. The zero-order valence-corrected chi connectivity index (χ0v) is 11.6. The molecule has 0 saturated carbocycles. The molecule has 7 heteroatoms. The van der Waals surface area contributed by atoms with Crippen molar-refractivity contribution in [1.82, 2.24) is 9.29 Å². The van der Waals surface area contributed by atoms with Crippen LogP contribution in [-0.2, 0) is 10.0 Å². The summed E-state index contributed by atoms with van der Waals surface area (Å²) in [6.45, 7) is 1.81. The maximum atomic E-state index is 12.2. The maximum Gasteiger partial charge on any atom is 0.248 e. The molecule has 1 aromatic rings. The van der Waals surface area contributed by atoms with Crippen LogP contribution in [0.3, 0.4) is 0 Å². The third-order valence-electron chi connectivity index (χ3n) is 2.47. The second-order valence-corrected chi connectivity index (χ2v) is 6.58. The van der Waals surface area contributed by atoms with Crippen LogP contribution in [0.2, 0.25) is 0 Å². The highest BCUT2D eigenvalue weighted by Crippen LogP contribution is 2.14. The van der Waals surface area contributed by atoms with Gasteiger partial charge in [0.15, 0.2) is 0 Å². The van der Waals surface area contributed by atoms with Gasteiger partial charge in [-0.3, -0.25) is 4.79 Å². The van der Waals surface area contributed by atoms with Crippen molar-refractivity contribution in [2.45, 2.75) is 17.9 Å². The summed E-state index contributed by atoms with van der Waals surface area (Å²) in [5.74, 6) is 0.681. The predicted molar refractivity (Wildman–Crippen MR) is 69.9 cm³/mol. The molecule has 0 aliphatic rings. The molecule has 0 aliphatic heterocycles. The van der Waals surface area contributed by atoms with Gasteiger partial charge in [-0.1, -0.05) is 0 Å². The fraction of sp³-hybridized carbons (Fsp3) is 0.500. The van der Waals surface area contributed by atoms with Crippen molar-refractivity contribution in [2.75, 3.05) is 19.1 Å².